The number of rotatable bonds is 3. The molecule has 1 aromatic heterocycles. The third-order valence-electron chi connectivity index (χ3n) is 5.02. The van der Waals surface area contributed by atoms with E-state index in [1.807, 2.05) is 31.3 Å². The first-order valence-electron chi connectivity index (χ1n) is 9.06. The summed E-state index contributed by atoms with van der Waals surface area (Å²) in [6, 6.07) is 11.3. The topological polar surface area (TPSA) is 69.8 Å². The van der Waals surface area contributed by atoms with Gasteiger partial charge in [0.25, 0.3) is 0 Å². The highest BCUT2D eigenvalue weighted by Gasteiger charge is 2.23. The van der Waals surface area contributed by atoms with Crippen LogP contribution in [-0.2, 0) is 6.42 Å². The zero-order chi connectivity index (χ0) is 18.8. The molecule has 3 N–H and O–H groups in total. The molecule has 2 aromatic carbocycles. The summed E-state index contributed by atoms with van der Waals surface area (Å²) in [5.41, 5.74) is 6.02. The Hall–Kier alpha value is -2.50. The number of amides is 2. The molecule has 1 atom stereocenters. The molecule has 0 aliphatic heterocycles. The van der Waals surface area contributed by atoms with Crippen LogP contribution < -0.4 is 10.6 Å². The van der Waals surface area contributed by atoms with Crippen LogP contribution in [0.15, 0.2) is 48.9 Å². The molecule has 0 saturated heterocycles. The fourth-order valence-corrected chi connectivity index (χ4v) is 3.79. The molecule has 0 fully saturated rings. The number of imidazole rings is 1. The van der Waals surface area contributed by atoms with Crippen molar-refractivity contribution in [2.45, 2.75) is 32.1 Å². The van der Waals surface area contributed by atoms with Gasteiger partial charge < -0.3 is 15.6 Å². The van der Waals surface area contributed by atoms with Gasteiger partial charge >= 0.3 is 6.03 Å². The maximum Gasteiger partial charge on any atom is 0.323 e. The third-order valence-corrected chi connectivity index (χ3v) is 5.43. The van der Waals surface area contributed by atoms with Gasteiger partial charge in [-0.1, -0.05) is 23.7 Å². The molecule has 28 heavy (non-hydrogen) atoms. The molecule has 1 unspecified atom stereocenters. The number of aryl methyl sites for hydroxylation is 2. The van der Waals surface area contributed by atoms with E-state index in [1.54, 1.807) is 12.4 Å². The fourth-order valence-electron chi connectivity index (χ4n) is 3.61. The van der Waals surface area contributed by atoms with Crippen LogP contribution in [0.25, 0.3) is 0 Å². The molecule has 5 nitrogen and oxygen atoms in total. The first-order valence-corrected chi connectivity index (χ1v) is 9.43. The molecule has 0 radical (unpaired) electrons. The first-order chi connectivity index (χ1) is 13.1. The Morgan fingerprint density at radius 1 is 1.18 bits per heavy atom. The van der Waals surface area contributed by atoms with E-state index in [4.69, 9.17) is 11.6 Å². The number of aromatic nitrogens is 2. The van der Waals surface area contributed by atoms with Gasteiger partial charge in [-0.25, -0.2) is 9.78 Å². The molecule has 1 aliphatic rings. The van der Waals surface area contributed by atoms with Gasteiger partial charge in [-0.3, -0.25) is 0 Å². The Balaban J connectivity index is 0.00000225. The summed E-state index contributed by atoms with van der Waals surface area (Å²) in [5.74, 6) is 0.265. The molecule has 0 saturated carbocycles. The third kappa shape index (κ3) is 4.32. The Morgan fingerprint density at radius 2 is 1.93 bits per heavy atom. The molecule has 1 aliphatic carbocycles. The van der Waals surface area contributed by atoms with Crippen LogP contribution in [0.3, 0.4) is 0 Å². The van der Waals surface area contributed by atoms with E-state index >= 15 is 0 Å². The van der Waals surface area contributed by atoms with Gasteiger partial charge in [0.15, 0.2) is 0 Å². The molecular formula is C21H22Cl2N4O. The van der Waals surface area contributed by atoms with Gasteiger partial charge in [0.05, 0.1) is 12.0 Å². The van der Waals surface area contributed by atoms with E-state index in [0.29, 0.717) is 10.7 Å². The Bertz CT molecular complexity index is 973. The summed E-state index contributed by atoms with van der Waals surface area (Å²) in [4.78, 5) is 19.8. The number of halogens is 2. The van der Waals surface area contributed by atoms with Crippen molar-refractivity contribution in [3.63, 3.8) is 0 Å². The molecule has 1 heterocycles. The molecule has 0 spiro atoms. The Kier molecular flexibility index (Phi) is 6.27. The van der Waals surface area contributed by atoms with Crippen molar-refractivity contribution in [3.8, 4) is 0 Å². The number of benzene rings is 2. The smallest absolute Gasteiger partial charge is 0.323 e. The van der Waals surface area contributed by atoms with E-state index in [9.17, 15) is 4.79 Å². The van der Waals surface area contributed by atoms with Crippen molar-refractivity contribution in [1.29, 1.82) is 0 Å². The van der Waals surface area contributed by atoms with Crippen molar-refractivity contribution in [3.05, 3.63) is 76.3 Å². The number of anilines is 2. The second kappa shape index (κ2) is 8.67. The van der Waals surface area contributed by atoms with Crippen molar-refractivity contribution >= 4 is 41.4 Å². The van der Waals surface area contributed by atoms with Crippen LogP contribution in [0.1, 0.15) is 41.1 Å². The highest BCUT2D eigenvalue weighted by Crippen LogP contribution is 2.37. The van der Waals surface area contributed by atoms with Gasteiger partial charge in [0.2, 0.25) is 0 Å². The molecule has 0 bridgehead atoms. The standard InChI is InChI=1S/C21H21ClN4O.ClH/c1-13-5-7-16(10-19(13)22)26-21(27)25-15-8-6-14-3-2-4-17(18(14)9-15)20-11-23-12-24-20;/h5-12,17H,2-4H2,1H3,(H,23,24)(H2,25,26,27);1H. The molecule has 4 rings (SSSR count). The Labute approximate surface area is 175 Å². The highest BCUT2D eigenvalue weighted by molar-refractivity contribution is 6.31. The van der Waals surface area contributed by atoms with Crippen molar-refractivity contribution in [2.24, 2.45) is 0 Å². The average Bonchev–Trinajstić information content (AvgIpc) is 3.19. The lowest BCUT2D eigenvalue weighted by molar-refractivity contribution is 0.262. The van der Waals surface area contributed by atoms with Crippen molar-refractivity contribution < 1.29 is 4.79 Å². The van der Waals surface area contributed by atoms with Gasteiger partial charge in [-0.15, -0.1) is 12.4 Å². The van der Waals surface area contributed by atoms with Gasteiger partial charge in [-0.05, 0) is 67.1 Å². The van der Waals surface area contributed by atoms with Gasteiger partial charge in [-0.2, -0.15) is 0 Å². The normalized spacial score (nSPS) is 15.3. The zero-order valence-electron chi connectivity index (χ0n) is 15.5. The Morgan fingerprint density at radius 3 is 2.64 bits per heavy atom. The largest absolute Gasteiger partial charge is 0.351 e. The first kappa shape index (κ1) is 20.2. The predicted molar refractivity (Wildman–Crippen MR) is 116 cm³/mol. The van der Waals surface area contributed by atoms with Crippen LogP contribution >= 0.6 is 24.0 Å². The number of nitrogens with one attached hydrogen (secondary N) is 3. The molecule has 2 amide bonds. The number of carbonyl (C=O) groups is 1. The van der Waals surface area contributed by atoms with Crippen LogP contribution in [0.2, 0.25) is 5.02 Å². The van der Waals surface area contributed by atoms with E-state index in [0.717, 1.165) is 36.2 Å². The number of nitrogens with zero attached hydrogens (tertiary/aromatic N) is 1. The lowest BCUT2D eigenvalue weighted by atomic mass is 9.81. The van der Waals surface area contributed by atoms with Crippen LogP contribution in [0.4, 0.5) is 16.2 Å². The average molecular weight is 417 g/mol. The minimum atomic E-state index is -0.290. The van der Waals surface area contributed by atoms with E-state index in [2.05, 4.69) is 32.7 Å². The van der Waals surface area contributed by atoms with Crippen LogP contribution in [0.5, 0.6) is 0 Å². The number of hydrogen-bond donors (Lipinski definition) is 3. The van der Waals surface area contributed by atoms with E-state index in [-0.39, 0.29) is 24.4 Å². The maximum atomic E-state index is 12.4. The number of urea groups is 1. The number of H-pyrrole nitrogens is 1. The summed E-state index contributed by atoms with van der Waals surface area (Å²) < 4.78 is 0. The predicted octanol–water partition coefficient (Wildman–Crippen LogP) is 5.91. The lowest BCUT2D eigenvalue weighted by Gasteiger charge is -2.25. The van der Waals surface area contributed by atoms with E-state index in [1.165, 1.54) is 11.1 Å². The highest BCUT2D eigenvalue weighted by atomic mass is 35.5. The minimum absolute atomic E-state index is 0. The quantitative estimate of drug-likeness (QED) is 0.496. The van der Waals surface area contributed by atoms with Crippen molar-refractivity contribution in [1.82, 2.24) is 9.97 Å². The fraction of sp³-hybridized carbons (Fsp3) is 0.238. The summed E-state index contributed by atoms with van der Waals surface area (Å²) in [6.07, 6.45) is 6.94. The SMILES string of the molecule is Cc1ccc(NC(=O)Nc2ccc3c(c2)C(c2c[nH]cn2)CCC3)cc1Cl.Cl. The molecular weight excluding hydrogens is 395 g/mol. The number of carbonyl (C=O) groups excluding carboxylic acids is 1. The van der Waals surface area contributed by atoms with Crippen LogP contribution in [-0.4, -0.2) is 16.0 Å². The molecule has 3 aromatic rings. The molecule has 7 heteroatoms. The number of hydrogen-bond acceptors (Lipinski definition) is 2. The lowest BCUT2D eigenvalue weighted by Crippen LogP contribution is -2.20. The molecule has 146 valence electrons. The van der Waals surface area contributed by atoms with Crippen molar-refractivity contribution in [2.75, 3.05) is 10.6 Å². The van der Waals surface area contributed by atoms with Gasteiger partial charge in [0, 0.05) is 28.5 Å². The van der Waals surface area contributed by atoms with Gasteiger partial charge in [0.1, 0.15) is 0 Å². The number of fused-ring (bicyclic) bond motifs is 1. The number of aromatic amines is 1. The summed E-state index contributed by atoms with van der Waals surface area (Å²) >= 11 is 6.12. The summed E-state index contributed by atoms with van der Waals surface area (Å²) in [7, 11) is 0. The van der Waals surface area contributed by atoms with E-state index < -0.39 is 0 Å². The van der Waals surface area contributed by atoms with Crippen LogP contribution in [0, 0.1) is 6.92 Å². The maximum absolute atomic E-state index is 12.4. The summed E-state index contributed by atoms with van der Waals surface area (Å²) in [5, 5.41) is 6.37. The second-order valence-corrected chi connectivity index (χ2v) is 7.30. The minimum Gasteiger partial charge on any atom is -0.351 e. The zero-order valence-corrected chi connectivity index (χ0v) is 17.0. The summed E-state index contributed by atoms with van der Waals surface area (Å²) in [6.45, 7) is 1.93. The second-order valence-electron chi connectivity index (χ2n) is 6.90. The monoisotopic (exact) mass is 416 g/mol.